The first-order valence-electron chi connectivity index (χ1n) is 9.70. The van der Waals surface area contributed by atoms with Gasteiger partial charge in [-0.1, -0.05) is 66.2 Å². The monoisotopic (exact) mass is 435 g/mol. The minimum Gasteiger partial charge on any atom is -0.366 e. The quantitative estimate of drug-likeness (QED) is 0.503. The first-order valence-corrected chi connectivity index (χ1v) is 10.1. The van der Waals surface area contributed by atoms with E-state index in [-0.39, 0.29) is 24.8 Å². The Bertz CT molecular complexity index is 1090. The van der Waals surface area contributed by atoms with Crippen LogP contribution in [0.25, 0.3) is 0 Å². The number of hydrogen-bond acceptors (Lipinski definition) is 3. The van der Waals surface area contributed by atoms with Gasteiger partial charge in [0, 0.05) is 12.1 Å². The SMILES string of the molecule is NC(=O)c1cccc(CNC(=O)CC(NC(=O)c2ccccc2Cl)c2ccccc2)c1. The van der Waals surface area contributed by atoms with Crippen molar-refractivity contribution < 1.29 is 14.4 Å². The summed E-state index contributed by atoms with van der Waals surface area (Å²) in [6, 6.07) is 22.2. The third-order valence-electron chi connectivity index (χ3n) is 4.72. The number of halogens is 1. The first kappa shape index (κ1) is 22.1. The maximum Gasteiger partial charge on any atom is 0.253 e. The summed E-state index contributed by atoms with van der Waals surface area (Å²) >= 11 is 6.13. The zero-order valence-electron chi connectivity index (χ0n) is 16.7. The van der Waals surface area contributed by atoms with Gasteiger partial charge in [0.2, 0.25) is 11.8 Å². The van der Waals surface area contributed by atoms with Crippen molar-refractivity contribution in [3.8, 4) is 0 Å². The van der Waals surface area contributed by atoms with Crippen molar-refractivity contribution in [2.45, 2.75) is 19.0 Å². The minimum atomic E-state index is -0.540. The number of carbonyl (C=O) groups is 3. The molecule has 0 spiro atoms. The molecular formula is C24H22ClN3O3. The van der Waals surface area contributed by atoms with E-state index in [4.69, 9.17) is 17.3 Å². The predicted octanol–water partition coefficient (Wildman–Crippen LogP) is 3.62. The average molecular weight is 436 g/mol. The van der Waals surface area contributed by atoms with E-state index in [1.54, 1.807) is 48.5 Å². The van der Waals surface area contributed by atoms with E-state index in [1.807, 2.05) is 30.3 Å². The number of hydrogen-bond donors (Lipinski definition) is 3. The lowest BCUT2D eigenvalue weighted by molar-refractivity contribution is -0.121. The lowest BCUT2D eigenvalue weighted by atomic mass is 10.0. The molecular weight excluding hydrogens is 414 g/mol. The highest BCUT2D eigenvalue weighted by molar-refractivity contribution is 6.33. The molecule has 0 aromatic heterocycles. The first-order chi connectivity index (χ1) is 14.9. The number of carbonyl (C=O) groups excluding carboxylic acids is 3. The van der Waals surface area contributed by atoms with Gasteiger partial charge in [0.1, 0.15) is 0 Å². The van der Waals surface area contributed by atoms with Crippen LogP contribution in [0, 0.1) is 0 Å². The molecule has 7 heteroatoms. The second kappa shape index (κ2) is 10.4. The van der Waals surface area contributed by atoms with Crippen LogP contribution in [-0.2, 0) is 11.3 Å². The third-order valence-corrected chi connectivity index (χ3v) is 5.05. The fraction of sp³-hybridized carbons (Fsp3) is 0.125. The lowest BCUT2D eigenvalue weighted by Gasteiger charge is -2.19. The molecule has 0 bridgehead atoms. The Kier molecular flexibility index (Phi) is 7.40. The van der Waals surface area contributed by atoms with Crippen LogP contribution in [0.1, 0.15) is 44.3 Å². The fourth-order valence-corrected chi connectivity index (χ4v) is 3.33. The van der Waals surface area contributed by atoms with Crippen LogP contribution in [0.15, 0.2) is 78.9 Å². The Labute approximate surface area is 185 Å². The molecule has 0 aliphatic carbocycles. The van der Waals surface area contributed by atoms with Crippen LogP contribution in [0.2, 0.25) is 5.02 Å². The fourth-order valence-electron chi connectivity index (χ4n) is 3.11. The Hall–Kier alpha value is -3.64. The van der Waals surface area contributed by atoms with Gasteiger partial charge in [-0.15, -0.1) is 0 Å². The molecule has 3 rings (SSSR count). The van der Waals surface area contributed by atoms with E-state index in [0.29, 0.717) is 16.1 Å². The molecule has 0 saturated carbocycles. The van der Waals surface area contributed by atoms with E-state index >= 15 is 0 Å². The molecule has 0 aliphatic rings. The largest absolute Gasteiger partial charge is 0.366 e. The van der Waals surface area contributed by atoms with E-state index in [1.165, 1.54) is 0 Å². The second-order valence-corrected chi connectivity index (χ2v) is 7.37. The Morgan fingerprint density at radius 2 is 1.61 bits per heavy atom. The molecule has 6 nitrogen and oxygen atoms in total. The van der Waals surface area contributed by atoms with E-state index in [0.717, 1.165) is 11.1 Å². The molecule has 0 heterocycles. The molecule has 3 aromatic rings. The van der Waals surface area contributed by atoms with Crippen LogP contribution in [0.3, 0.4) is 0 Å². The zero-order valence-corrected chi connectivity index (χ0v) is 17.4. The summed E-state index contributed by atoms with van der Waals surface area (Å²) in [4.78, 5) is 36.7. The average Bonchev–Trinajstić information content (AvgIpc) is 2.78. The topological polar surface area (TPSA) is 101 Å². The van der Waals surface area contributed by atoms with E-state index in [9.17, 15) is 14.4 Å². The normalized spacial score (nSPS) is 11.4. The van der Waals surface area contributed by atoms with Gasteiger partial charge in [-0.3, -0.25) is 14.4 Å². The Balaban J connectivity index is 1.69. The van der Waals surface area contributed by atoms with Crippen LogP contribution in [0.5, 0.6) is 0 Å². The molecule has 0 radical (unpaired) electrons. The molecule has 31 heavy (non-hydrogen) atoms. The maximum absolute atomic E-state index is 12.7. The summed E-state index contributed by atoms with van der Waals surface area (Å²) in [5, 5.41) is 6.06. The minimum absolute atomic E-state index is 0.0374. The molecule has 0 saturated heterocycles. The third kappa shape index (κ3) is 6.17. The number of benzene rings is 3. The second-order valence-electron chi connectivity index (χ2n) is 6.96. The van der Waals surface area contributed by atoms with Crippen molar-refractivity contribution in [1.82, 2.24) is 10.6 Å². The molecule has 158 valence electrons. The van der Waals surface area contributed by atoms with Crippen molar-refractivity contribution in [1.29, 1.82) is 0 Å². The van der Waals surface area contributed by atoms with Gasteiger partial charge < -0.3 is 16.4 Å². The molecule has 0 fully saturated rings. The van der Waals surface area contributed by atoms with Crippen molar-refractivity contribution in [3.63, 3.8) is 0 Å². The van der Waals surface area contributed by atoms with Gasteiger partial charge in [-0.25, -0.2) is 0 Å². The number of primary amides is 1. The highest BCUT2D eigenvalue weighted by Crippen LogP contribution is 2.20. The van der Waals surface area contributed by atoms with Crippen LogP contribution in [0.4, 0.5) is 0 Å². The van der Waals surface area contributed by atoms with Crippen LogP contribution >= 0.6 is 11.6 Å². The smallest absolute Gasteiger partial charge is 0.253 e. The molecule has 0 aliphatic heterocycles. The zero-order chi connectivity index (χ0) is 22.2. The maximum atomic E-state index is 12.7. The standard InChI is InChI=1S/C24H22ClN3O3/c25-20-12-5-4-11-19(20)24(31)28-21(17-8-2-1-3-9-17)14-22(29)27-15-16-7-6-10-18(13-16)23(26)30/h1-13,21H,14-15H2,(H2,26,30)(H,27,29)(H,28,31). The van der Waals surface area contributed by atoms with Crippen molar-refractivity contribution in [2.75, 3.05) is 0 Å². The molecule has 1 atom stereocenters. The number of nitrogens with one attached hydrogen (secondary N) is 2. The van der Waals surface area contributed by atoms with Crippen molar-refractivity contribution >= 4 is 29.3 Å². The van der Waals surface area contributed by atoms with Crippen molar-refractivity contribution in [2.24, 2.45) is 5.73 Å². The Morgan fingerprint density at radius 3 is 2.32 bits per heavy atom. The van der Waals surface area contributed by atoms with Crippen LogP contribution in [-0.4, -0.2) is 17.7 Å². The van der Waals surface area contributed by atoms with Gasteiger partial charge >= 0.3 is 0 Å². The van der Waals surface area contributed by atoms with Gasteiger partial charge in [-0.2, -0.15) is 0 Å². The van der Waals surface area contributed by atoms with Crippen LogP contribution < -0.4 is 16.4 Å². The molecule has 3 aromatic carbocycles. The summed E-state index contributed by atoms with van der Waals surface area (Å²) in [5.41, 5.74) is 7.57. The Morgan fingerprint density at radius 1 is 0.903 bits per heavy atom. The van der Waals surface area contributed by atoms with E-state index in [2.05, 4.69) is 10.6 Å². The highest BCUT2D eigenvalue weighted by Gasteiger charge is 2.20. The van der Waals surface area contributed by atoms with E-state index < -0.39 is 11.9 Å². The number of rotatable bonds is 8. The summed E-state index contributed by atoms with van der Waals surface area (Å²) in [6.07, 6.45) is 0.0374. The lowest BCUT2D eigenvalue weighted by Crippen LogP contribution is -2.33. The van der Waals surface area contributed by atoms with Crippen molar-refractivity contribution in [3.05, 3.63) is 106 Å². The van der Waals surface area contributed by atoms with Gasteiger partial charge in [0.25, 0.3) is 5.91 Å². The number of nitrogens with two attached hydrogens (primary N) is 1. The molecule has 4 N–H and O–H groups in total. The molecule has 1 unspecified atom stereocenters. The summed E-state index contributed by atoms with van der Waals surface area (Å²) in [5.74, 6) is -1.14. The van der Waals surface area contributed by atoms with Gasteiger partial charge in [0.05, 0.1) is 23.0 Å². The number of amides is 3. The summed E-state index contributed by atoms with van der Waals surface area (Å²) in [6.45, 7) is 0.236. The highest BCUT2D eigenvalue weighted by atomic mass is 35.5. The summed E-state index contributed by atoms with van der Waals surface area (Å²) < 4.78 is 0. The summed E-state index contributed by atoms with van der Waals surface area (Å²) in [7, 11) is 0. The molecule has 3 amide bonds. The predicted molar refractivity (Wildman–Crippen MR) is 120 cm³/mol. The van der Waals surface area contributed by atoms with Gasteiger partial charge in [-0.05, 0) is 35.4 Å². The van der Waals surface area contributed by atoms with Gasteiger partial charge in [0.15, 0.2) is 0 Å².